The van der Waals surface area contributed by atoms with Gasteiger partial charge in [0.15, 0.2) is 5.82 Å². The number of H-pyrrole nitrogens is 1. The summed E-state index contributed by atoms with van der Waals surface area (Å²) in [5, 5.41) is 11.1. The van der Waals surface area contributed by atoms with E-state index in [2.05, 4.69) is 27.4 Å². The molecule has 0 aliphatic carbocycles. The third-order valence-electron chi connectivity index (χ3n) is 5.27. The highest BCUT2D eigenvalue weighted by molar-refractivity contribution is 5.76. The second-order valence-electron chi connectivity index (χ2n) is 7.76. The Morgan fingerprint density at radius 2 is 1.88 bits per heavy atom. The minimum atomic E-state index is -0.348. The summed E-state index contributed by atoms with van der Waals surface area (Å²) < 4.78 is 11.0. The van der Waals surface area contributed by atoms with E-state index in [1.165, 1.54) is 0 Å². The Bertz CT molecular complexity index is 1110. The van der Waals surface area contributed by atoms with Crippen LogP contribution in [0.15, 0.2) is 53.3 Å². The summed E-state index contributed by atoms with van der Waals surface area (Å²) in [4.78, 5) is 27.4. The average molecular weight is 451 g/mol. The Morgan fingerprint density at radius 1 is 1.09 bits per heavy atom. The lowest BCUT2D eigenvalue weighted by Gasteiger charge is -2.13. The van der Waals surface area contributed by atoms with Crippen molar-refractivity contribution in [2.75, 3.05) is 13.7 Å². The van der Waals surface area contributed by atoms with Crippen LogP contribution in [-0.2, 0) is 17.6 Å². The Balaban J connectivity index is 1.51. The van der Waals surface area contributed by atoms with Crippen LogP contribution in [0.4, 0.5) is 0 Å². The molecule has 0 fully saturated rings. The molecule has 0 spiro atoms. The minimum absolute atomic E-state index is 0.0927. The lowest BCUT2D eigenvalue weighted by atomic mass is 10.1. The zero-order valence-corrected chi connectivity index (χ0v) is 19.3. The summed E-state index contributed by atoms with van der Waals surface area (Å²) in [7, 11) is 1.62. The van der Waals surface area contributed by atoms with E-state index in [4.69, 9.17) is 9.47 Å². The van der Waals surface area contributed by atoms with Crippen molar-refractivity contribution in [3.63, 3.8) is 0 Å². The molecule has 2 aromatic carbocycles. The van der Waals surface area contributed by atoms with Gasteiger partial charge >= 0.3 is 0 Å². The molecule has 0 saturated heterocycles. The molecule has 2 N–H and O–H groups in total. The van der Waals surface area contributed by atoms with Gasteiger partial charge in [-0.2, -0.15) is 0 Å². The number of ether oxygens (including phenoxy) is 2. The van der Waals surface area contributed by atoms with E-state index < -0.39 is 0 Å². The van der Waals surface area contributed by atoms with Crippen molar-refractivity contribution in [2.45, 2.75) is 45.6 Å². The topological polar surface area (TPSA) is 106 Å². The fourth-order valence-corrected chi connectivity index (χ4v) is 3.15. The van der Waals surface area contributed by atoms with Crippen LogP contribution in [0, 0.1) is 0 Å². The molecule has 0 aliphatic rings. The molecule has 3 rings (SSSR count). The van der Waals surface area contributed by atoms with Crippen molar-refractivity contribution in [1.29, 1.82) is 0 Å². The van der Waals surface area contributed by atoms with Gasteiger partial charge in [-0.3, -0.25) is 9.59 Å². The van der Waals surface area contributed by atoms with Gasteiger partial charge in [0, 0.05) is 24.9 Å². The molecule has 33 heavy (non-hydrogen) atoms. The minimum Gasteiger partial charge on any atom is -0.497 e. The van der Waals surface area contributed by atoms with E-state index in [0.717, 1.165) is 17.7 Å². The maximum atomic E-state index is 12.5. The number of nitrogens with zero attached hydrogens (tertiary/aromatic N) is 2. The molecule has 1 unspecified atom stereocenters. The van der Waals surface area contributed by atoms with Crippen molar-refractivity contribution in [2.24, 2.45) is 0 Å². The van der Waals surface area contributed by atoms with Crippen LogP contribution in [0.5, 0.6) is 11.5 Å². The van der Waals surface area contributed by atoms with E-state index in [1.54, 1.807) is 7.11 Å². The van der Waals surface area contributed by atoms with Gasteiger partial charge in [-0.1, -0.05) is 31.2 Å². The predicted octanol–water partition coefficient (Wildman–Crippen LogP) is 3.31. The van der Waals surface area contributed by atoms with Crippen LogP contribution in [-0.4, -0.2) is 40.8 Å². The molecule has 8 heteroatoms. The summed E-state index contributed by atoms with van der Waals surface area (Å²) in [5.74, 6) is 1.73. The number of methoxy groups -OCH3 is 1. The number of hydrogen-bond acceptors (Lipinski definition) is 6. The number of nitrogens with one attached hydrogen (secondary N) is 2. The van der Waals surface area contributed by atoms with Crippen molar-refractivity contribution >= 4 is 5.91 Å². The molecule has 1 amide bonds. The number of aromatic amines is 1. The quantitative estimate of drug-likeness (QED) is 0.464. The van der Waals surface area contributed by atoms with Crippen LogP contribution in [0.1, 0.15) is 37.9 Å². The van der Waals surface area contributed by atoms with Gasteiger partial charge in [0.05, 0.1) is 13.2 Å². The number of benzene rings is 2. The normalized spacial score (nSPS) is 11.6. The molecule has 0 saturated carbocycles. The van der Waals surface area contributed by atoms with E-state index in [1.807, 2.05) is 55.5 Å². The van der Waals surface area contributed by atoms with Crippen LogP contribution < -0.4 is 20.3 Å². The lowest BCUT2D eigenvalue weighted by Crippen LogP contribution is -2.27. The summed E-state index contributed by atoms with van der Waals surface area (Å²) in [5.41, 5.74) is 1.70. The molecular weight excluding hydrogens is 420 g/mol. The molecule has 1 atom stereocenters. The third-order valence-corrected chi connectivity index (χ3v) is 5.27. The highest BCUT2D eigenvalue weighted by Crippen LogP contribution is 2.21. The van der Waals surface area contributed by atoms with Crippen molar-refractivity contribution in [3.05, 3.63) is 70.1 Å². The molecular formula is C25H30N4O4. The number of amides is 1. The maximum absolute atomic E-state index is 12.5. The van der Waals surface area contributed by atoms with E-state index in [9.17, 15) is 9.59 Å². The first-order chi connectivity index (χ1) is 16.0. The lowest BCUT2D eigenvalue weighted by molar-refractivity contribution is -0.121. The number of aryl methyl sites for hydroxylation is 1. The van der Waals surface area contributed by atoms with Crippen molar-refractivity contribution in [3.8, 4) is 22.9 Å². The molecule has 0 aliphatic heterocycles. The zero-order chi connectivity index (χ0) is 23.6. The van der Waals surface area contributed by atoms with Gasteiger partial charge in [0.25, 0.3) is 5.56 Å². The van der Waals surface area contributed by atoms with Gasteiger partial charge in [-0.25, -0.2) is 0 Å². The fraction of sp³-hybridized carbons (Fsp3) is 0.360. The molecule has 0 bridgehead atoms. The Hall–Kier alpha value is -3.68. The highest BCUT2D eigenvalue weighted by Gasteiger charge is 2.11. The summed E-state index contributed by atoms with van der Waals surface area (Å²) >= 11 is 0. The SMILES string of the molecule is CCC(C)Oc1cccc(-c2nnc(CCC(=O)NCCc3ccc(OC)cc3)c(=O)[nH]2)c1. The first-order valence-electron chi connectivity index (χ1n) is 11.1. The van der Waals surface area contributed by atoms with Gasteiger partial charge in [-0.15, -0.1) is 10.2 Å². The first-order valence-corrected chi connectivity index (χ1v) is 11.1. The van der Waals surface area contributed by atoms with E-state index in [-0.39, 0.29) is 36.1 Å². The number of aromatic nitrogens is 3. The third kappa shape index (κ3) is 7.17. The maximum Gasteiger partial charge on any atom is 0.273 e. The molecule has 1 heterocycles. The molecule has 0 radical (unpaired) electrons. The van der Waals surface area contributed by atoms with Crippen LogP contribution in [0.25, 0.3) is 11.4 Å². The van der Waals surface area contributed by atoms with Gasteiger partial charge in [-0.05, 0) is 49.6 Å². The molecule has 8 nitrogen and oxygen atoms in total. The first kappa shape index (κ1) is 24.0. The highest BCUT2D eigenvalue weighted by atomic mass is 16.5. The number of carbonyl (C=O) groups excluding carboxylic acids is 1. The Morgan fingerprint density at radius 3 is 2.58 bits per heavy atom. The van der Waals surface area contributed by atoms with Crippen molar-refractivity contribution < 1.29 is 14.3 Å². The standard InChI is InChI=1S/C25H30N4O4/c1-4-17(2)33-21-7-5-6-19(16-21)24-27-25(31)22(28-29-24)12-13-23(30)26-15-14-18-8-10-20(32-3)11-9-18/h5-11,16-17H,4,12-15H2,1-3H3,(H,26,30)(H,27,29,31). The summed E-state index contributed by atoms with van der Waals surface area (Å²) in [6, 6.07) is 15.1. The Labute approximate surface area is 193 Å². The van der Waals surface area contributed by atoms with Crippen molar-refractivity contribution in [1.82, 2.24) is 20.5 Å². The smallest absolute Gasteiger partial charge is 0.273 e. The van der Waals surface area contributed by atoms with Gasteiger partial charge in [0.1, 0.15) is 17.2 Å². The summed E-state index contributed by atoms with van der Waals surface area (Å²) in [6.45, 7) is 4.57. The molecule has 174 valence electrons. The second-order valence-corrected chi connectivity index (χ2v) is 7.76. The van der Waals surface area contributed by atoms with E-state index >= 15 is 0 Å². The number of carbonyl (C=O) groups is 1. The number of hydrogen-bond donors (Lipinski definition) is 2. The van der Waals surface area contributed by atoms with Crippen LogP contribution >= 0.6 is 0 Å². The second kappa shape index (κ2) is 11.8. The van der Waals surface area contributed by atoms with Crippen LogP contribution in [0.2, 0.25) is 0 Å². The van der Waals surface area contributed by atoms with Crippen LogP contribution in [0.3, 0.4) is 0 Å². The average Bonchev–Trinajstić information content (AvgIpc) is 2.83. The summed E-state index contributed by atoms with van der Waals surface area (Å²) in [6.07, 6.45) is 2.08. The predicted molar refractivity (Wildman–Crippen MR) is 126 cm³/mol. The number of rotatable bonds is 11. The fourth-order valence-electron chi connectivity index (χ4n) is 3.15. The van der Waals surface area contributed by atoms with Gasteiger partial charge in [0.2, 0.25) is 5.91 Å². The zero-order valence-electron chi connectivity index (χ0n) is 19.3. The largest absolute Gasteiger partial charge is 0.497 e. The van der Waals surface area contributed by atoms with E-state index in [0.29, 0.717) is 30.1 Å². The molecule has 3 aromatic rings. The van der Waals surface area contributed by atoms with Gasteiger partial charge < -0.3 is 19.8 Å². The molecule has 1 aromatic heterocycles. The monoisotopic (exact) mass is 450 g/mol. The Kier molecular flexibility index (Phi) is 8.57.